The molecule has 2 heterocycles. The number of aromatic hydroxyl groups is 1. The fraction of sp³-hybridized carbons (Fsp3) is 0.231. The number of rotatable bonds is 6. The van der Waals surface area contributed by atoms with Gasteiger partial charge in [-0.25, -0.2) is 4.68 Å². The second-order valence-corrected chi connectivity index (χ2v) is 11.3. The molecular formula is C26H23BrClN3O3S. The normalized spacial score (nSPS) is 16.0. The molecule has 0 fully saturated rings. The number of aliphatic hydroxyl groups excluding tert-OH is 1. The summed E-state index contributed by atoms with van der Waals surface area (Å²) < 4.78 is 2.78. The highest BCUT2D eigenvalue weighted by molar-refractivity contribution is 9.11. The van der Waals surface area contributed by atoms with E-state index in [0.29, 0.717) is 17.1 Å². The number of hydrogen-bond donors (Lipinski definition) is 3. The zero-order chi connectivity index (χ0) is 24.5. The molecule has 0 unspecified atom stereocenters. The molecule has 1 amide bonds. The SMILES string of the molecule is O=C(N[C@@H](CO)c1ccccc1)[C@@H]1CCCc2c1nn(-c1ccc(O)cc1Cl)c2-c1ccc(Br)s1. The molecule has 180 valence electrons. The molecule has 2 atom stereocenters. The molecule has 1 aliphatic carbocycles. The van der Waals surface area contributed by atoms with Crippen molar-refractivity contribution in [1.29, 1.82) is 0 Å². The van der Waals surface area contributed by atoms with E-state index in [-0.39, 0.29) is 18.3 Å². The maximum atomic E-state index is 13.5. The Hall–Kier alpha value is -2.65. The monoisotopic (exact) mass is 571 g/mol. The first-order chi connectivity index (χ1) is 17.0. The molecule has 4 aromatic rings. The molecule has 0 saturated carbocycles. The van der Waals surface area contributed by atoms with E-state index in [1.807, 2.05) is 42.5 Å². The molecule has 35 heavy (non-hydrogen) atoms. The quantitative estimate of drug-likeness (QED) is 0.265. The lowest BCUT2D eigenvalue weighted by Gasteiger charge is -2.24. The summed E-state index contributed by atoms with van der Waals surface area (Å²) in [4.78, 5) is 14.5. The van der Waals surface area contributed by atoms with E-state index in [1.165, 1.54) is 6.07 Å². The summed E-state index contributed by atoms with van der Waals surface area (Å²) >= 11 is 11.7. The Balaban J connectivity index is 1.57. The second-order valence-electron chi connectivity index (χ2n) is 8.46. The van der Waals surface area contributed by atoms with Gasteiger partial charge in [-0.2, -0.15) is 5.10 Å². The van der Waals surface area contributed by atoms with E-state index in [1.54, 1.807) is 28.2 Å². The number of aliphatic hydroxyl groups is 1. The van der Waals surface area contributed by atoms with Gasteiger partial charge in [-0.3, -0.25) is 4.79 Å². The molecule has 0 spiro atoms. The van der Waals surface area contributed by atoms with Crippen LogP contribution in [0.15, 0.2) is 64.5 Å². The van der Waals surface area contributed by atoms with Crippen LogP contribution in [0.3, 0.4) is 0 Å². The van der Waals surface area contributed by atoms with Gasteiger partial charge in [-0.1, -0.05) is 41.9 Å². The maximum Gasteiger partial charge on any atom is 0.229 e. The number of nitrogens with zero attached hydrogens (tertiary/aromatic N) is 2. The summed E-state index contributed by atoms with van der Waals surface area (Å²) in [6.07, 6.45) is 2.30. The maximum absolute atomic E-state index is 13.5. The summed E-state index contributed by atoms with van der Waals surface area (Å²) in [7, 11) is 0. The average molecular weight is 573 g/mol. The number of thiophene rings is 1. The van der Waals surface area contributed by atoms with Gasteiger partial charge in [0.15, 0.2) is 0 Å². The minimum atomic E-state index is -0.490. The van der Waals surface area contributed by atoms with E-state index < -0.39 is 12.0 Å². The van der Waals surface area contributed by atoms with E-state index in [0.717, 1.165) is 44.0 Å². The molecule has 2 aromatic heterocycles. The minimum absolute atomic E-state index is 0.0734. The van der Waals surface area contributed by atoms with Crippen LogP contribution in [0.1, 0.15) is 41.6 Å². The van der Waals surface area contributed by atoms with Crippen molar-refractivity contribution in [3.63, 3.8) is 0 Å². The van der Waals surface area contributed by atoms with Crippen molar-refractivity contribution in [2.45, 2.75) is 31.2 Å². The average Bonchev–Trinajstić information content (AvgIpc) is 3.45. The number of aromatic nitrogens is 2. The van der Waals surface area contributed by atoms with Gasteiger partial charge < -0.3 is 15.5 Å². The predicted octanol–water partition coefficient (Wildman–Crippen LogP) is 5.99. The molecule has 0 bridgehead atoms. The number of halogens is 2. The van der Waals surface area contributed by atoms with Gasteiger partial charge in [0.2, 0.25) is 5.91 Å². The number of nitrogens with one attached hydrogen (secondary N) is 1. The van der Waals surface area contributed by atoms with Crippen LogP contribution in [0, 0.1) is 0 Å². The van der Waals surface area contributed by atoms with E-state index in [9.17, 15) is 15.0 Å². The van der Waals surface area contributed by atoms with Gasteiger partial charge in [0, 0.05) is 11.6 Å². The number of carbonyl (C=O) groups excluding carboxylic acids is 1. The highest BCUT2D eigenvalue weighted by Gasteiger charge is 2.34. The fourth-order valence-electron chi connectivity index (χ4n) is 4.60. The highest BCUT2D eigenvalue weighted by Crippen LogP contribution is 2.43. The van der Waals surface area contributed by atoms with Gasteiger partial charge in [0.1, 0.15) is 5.75 Å². The van der Waals surface area contributed by atoms with Gasteiger partial charge in [-0.15, -0.1) is 11.3 Å². The van der Waals surface area contributed by atoms with E-state index in [4.69, 9.17) is 16.7 Å². The van der Waals surface area contributed by atoms with Crippen molar-refractivity contribution in [2.75, 3.05) is 6.61 Å². The van der Waals surface area contributed by atoms with Crippen LogP contribution in [0.5, 0.6) is 5.75 Å². The summed E-state index contributed by atoms with van der Waals surface area (Å²) in [6.45, 7) is -0.193. The minimum Gasteiger partial charge on any atom is -0.508 e. The topological polar surface area (TPSA) is 87.4 Å². The standard InChI is InChI=1S/C26H23BrClN3O3S/c27-23-12-11-22(35-23)25-17-7-4-8-18(26(34)29-20(14-32)15-5-2-1-3-6-15)24(17)30-31(25)21-10-9-16(33)13-19(21)28/h1-3,5-6,9-13,18,20,32-33H,4,7-8,14H2,(H,29,34)/t18-,20+/m1/s1. The van der Waals surface area contributed by atoms with Gasteiger partial charge in [0.25, 0.3) is 0 Å². The molecule has 3 N–H and O–H groups in total. The highest BCUT2D eigenvalue weighted by atomic mass is 79.9. The van der Waals surface area contributed by atoms with Gasteiger partial charge in [0.05, 0.1) is 49.3 Å². The molecule has 0 saturated heterocycles. The van der Waals surface area contributed by atoms with E-state index in [2.05, 4.69) is 21.2 Å². The third kappa shape index (κ3) is 4.76. The second kappa shape index (κ2) is 10.1. The Morgan fingerprint density at radius 2 is 2.03 bits per heavy atom. The molecule has 2 aromatic carbocycles. The van der Waals surface area contributed by atoms with Crippen LogP contribution >= 0.6 is 38.9 Å². The lowest BCUT2D eigenvalue weighted by molar-refractivity contribution is -0.124. The third-order valence-electron chi connectivity index (χ3n) is 6.25. The lowest BCUT2D eigenvalue weighted by Crippen LogP contribution is -2.36. The van der Waals surface area contributed by atoms with Crippen LogP contribution in [0.25, 0.3) is 16.3 Å². The summed E-state index contributed by atoms with van der Waals surface area (Å²) in [5.41, 5.74) is 4.14. The molecule has 6 nitrogen and oxygen atoms in total. The largest absolute Gasteiger partial charge is 0.508 e. The Bertz CT molecular complexity index is 1370. The smallest absolute Gasteiger partial charge is 0.229 e. The van der Waals surface area contributed by atoms with Crippen molar-refractivity contribution in [3.8, 4) is 22.0 Å². The molecule has 5 rings (SSSR count). The van der Waals surface area contributed by atoms with Gasteiger partial charge >= 0.3 is 0 Å². The first-order valence-corrected chi connectivity index (χ1v) is 13.3. The van der Waals surface area contributed by atoms with Crippen molar-refractivity contribution >= 4 is 44.8 Å². The number of phenols is 1. The molecule has 0 aliphatic heterocycles. The molecule has 1 aliphatic rings. The number of hydrogen-bond acceptors (Lipinski definition) is 5. The van der Waals surface area contributed by atoms with Crippen molar-refractivity contribution < 1.29 is 15.0 Å². The summed E-state index contributed by atoms with van der Waals surface area (Å²) in [5, 5.41) is 28.1. The summed E-state index contributed by atoms with van der Waals surface area (Å²) in [5.74, 6) is -0.533. The fourth-order valence-corrected chi connectivity index (χ4v) is 6.30. The molecular weight excluding hydrogens is 550 g/mol. The van der Waals surface area contributed by atoms with Crippen LogP contribution in [0.2, 0.25) is 5.02 Å². The van der Waals surface area contributed by atoms with E-state index >= 15 is 0 Å². The number of amides is 1. The van der Waals surface area contributed by atoms with Crippen molar-refractivity contribution in [3.05, 3.63) is 86.3 Å². The Labute approximate surface area is 220 Å². The van der Waals surface area contributed by atoms with Crippen molar-refractivity contribution in [2.24, 2.45) is 0 Å². The Kier molecular flexibility index (Phi) is 6.98. The van der Waals surface area contributed by atoms with Gasteiger partial charge in [-0.05, 0) is 65.0 Å². The lowest BCUT2D eigenvalue weighted by atomic mass is 9.85. The van der Waals surface area contributed by atoms with Crippen LogP contribution in [-0.4, -0.2) is 32.5 Å². The molecule has 0 radical (unpaired) electrons. The molecule has 9 heteroatoms. The van der Waals surface area contributed by atoms with Crippen LogP contribution < -0.4 is 5.32 Å². The zero-order valence-electron chi connectivity index (χ0n) is 18.6. The number of benzene rings is 2. The third-order valence-corrected chi connectivity index (χ3v) is 8.18. The number of carbonyl (C=O) groups is 1. The number of fused-ring (bicyclic) bond motifs is 1. The first kappa shape index (κ1) is 24.1. The predicted molar refractivity (Wildman–Crippen MR) is 141 cm³/mol. The summed E-state index contributed by atoms with van der Waals surface area (Å²) in [6, 6.07) is 17.8. The van der Waals surface area contributed by atoms with Crippen LogP contribution in [0.4, 0.5) is 0 Å². The first-order valence-electron chi connectivity index (χ1n) is 11.3. The Morgan fingerprint density at radius 3 is 2.71 bits per heavy atom. The zero-order valence-corrected chi connectivity index (χ0v) is 21.8. The Morgan fingerprint density at radius 1 is 1.23 bits per heavy atom. The van der Waals surface area contributed by atoms with Crippen molar-refractivity contribution in [1.82, 2.24) is 15.1 Å². The number of phenolic OH excluding ortho intramolecular Hbond substituents is 1. The van der Waals surface area contributed by atoms with Crippen LogP contribution in [-0.2, 0) is 11.2 Å².